The summed E-state index contributed by atoms with van der Waals surface area (Å²) in [7, 11) is 0. The molecular weight excluding hydrogens is 204 g/mol. The lowest BCUT2D eigenvalue weighted by Crippen LogP contribution is -2.32. The molecule has 0 bridgehead atoms. The number of hydrogen-bond donors (Lipinski definition) is 2. The van der Waals surface area contributed by atoms with Crippen LogP contribution in [-0.4, -0.2) is 32.2 Å². The van der Waals surface area contributed by atoms with Gasteiger partial charge < -0.3 is 15.8 Å². The molecule has 0 spiro atoms. The van der Waals surface area contributed by atoms with Crippen LogP contribution in [0.2, 0.25) is 0 Å². The summed E-state index contributed by atoms with van der Waals surface area (Å²) in [4.78, 5) is 11.5. The summed E-state index contributed by atoms with van der Waals surface area (Å²) in [5, 5.41) is 3.00. The highest BCUT2D eigenvalue weighted by atomic mass is 16.5. The second kappa shape index (κ2) is 7.63. The van der Waals surface area contributed by atoms with Gasteiger partial charge >= 0.3 is 0 Å². The Balaban J connectivity index is 2.05. The van der Waals surface area contributed by atoms with Crippen molar-refractivity contribution in [2.24, 2.45) is 17.6 Å². The Kier molecular flexibility index (Phi) is 6.42. The van der Waals surface area contributed by atoms with Crippen LogP contribution in [0.25, 0.3) is 0 Å². The fourth-order valence-electron chi connectivity index (χ4n) is 1.79. The molecule has 1 rings (SSSR count). The molecule has 1 aliphatic heterocycles. The highest BCUT2D eigenvalue weighted by Gasteiger charge is 2.14. The highest BCUT2D eigenvalue weighted by Crippen LogP contribution is 2.13. The van der Waals surface area contributed by atoms with Crippen molar-refractivity contribution < 1.29 is 9.53 Å². The Morgan fingerprint density at radius 1 is 1.50 bits per heavy atom. The Hall–Kier alpha value is -0.610. The Morgan fingerprint density at radius 3 is 2.81 bits per heavy atom. The third-order valence-electron chi connectivity index (χ3n) is 3.20. The molecule has 0 aromatic rings. The average Bonchev–Trinajstić information content (AvgIpc) is 2.34. The van der Waals surface area contributed by atoms with E-state index in [1.54, 1.807) is 0 Å². The number of hydrogen-bond acceptors (Lipinski definition) is 3. The van der Waals surface area contributed by atoms with Gasteiger partial charge in [0, 0.05) is 26.2 Å². The largest absolute Gasteiger partial charge is 0.381 e. The van der Waals surface area contributed by atoms with Crippen molar-refractivity contribution in [3.05, 3.63) is 0 Å². The van der Waals surface area contributed by atoms with Crippen molar-refractivity contribution in [2.75, 3.05) is 26.3 Å². The van der Waals surface area contributed by atoms with Gasteiger partial charge in [-0.2, -0.15) is 0 Å². The molecule has 1 unspecified atom stereocenters. The minimum Gasteiger partial charge on any atom is -0.381 e. The zero-order valence-electron chi connectivity index (χ0n) is 10.2. The fourth-order valence-corrected chi connectivity index (χ4v) is 1.79. The van der Waals surface area contributed by atoms with Gasteiger partial charge in [0.2, 0.25) is 5.91 Å². The molecule has 94 valence electrons. The molecule has 1 saturated heterocycles. The van der Waals surface area contributed by atoms with E-state index in [0.29, 0.717) is 24.8 Å². The molecule has 1 amide bonds. The SMILES string of the molecule is CC(CN)CCC(=O)NCC1CCOCC1. The standard InChI is InChI=1S/C12H24N2O2/c1-10(8-13)2-3-12(15)14-9-11-4-6-16-7-5-11/h10-11H,2-9,13H2,1H3,(H,14,15). The molecule has 0 aromatic carbocycles. The van der Waals surface area contributed by atoms with E-state index in [1.165, 1.54) is 0 Å². The quantitative estimate of drug-likeness (QED) is 0.710. The minimum atomic E-state index is 0.159. The molecule has 3 N–H and O–H groups in total. The molecule has 1 heterocycles. The van der Waals surface area contributed by atoms with Crippen molar-refractivity contribution in [2.45, 2.75) is 32.6 Å². The predicted molar refractivity (Wildman–Crippen MR) is 64.0 cm³/mol. The second-order valence-corrected chi connectivity index (χ2v) is 4.74. The first-order valence-electron chi connectivity index (χ1n) is 6.27. The van der Waals surface area contributed by atoms with E-state index in [-0.39, 0.29) is 5.91 Å². The van der Waals surface area contributed by atoms with Crippen LogP contribution in [0, 0.1) is 11.8 Å². The van der Waals surface area contributed by atoms with Gasteiger partial charge in [-0.1, -0.05) is 6.92 Å². The first kappa shape index (κ1) is 13.5. The van der Waals surface area contributed by atoms with E-state index >= 15 is 0 Å². The molecule has 1 fully saturated rings. The van der Waals surface area contributed by atoms with Gasteiger partial charge in [-0.15, -0.1) is 0 Å². The normalized spacial score (nSPS) is 19.4. The van der Waals surface area contributed by atoms with Gasteiger partial charge in [0.05, 0.1) is 0 Å². The van der Waals surface area contributed by atoms with Crippen LogP contribution in [0.5, 0.6) is 0 Å². The van der Waals surface area contributed by atoms with Gasteiger partial charge in [-0.3, -0.25) is 4.79 Å². The molecule has 4 heteroatoms. The second-order valence-electron chi connectivity index (χ2n) is 4.74. The summed E-state index contributed by atoms with van der Waals surface area (Å²) in [6.07, 6.45) is 3.62. The van der Waals surface area contributed by atoms with Crippen molar-refractivity contribution >= 4 is 5.91 Å². The lowest BCUT2D eigenvalue weighted by atomic mass is 10.00. The first-order chi connectivity index (χ1) is 7.72. The molecule has 4 nitrogen and oxygen atoms in total. The summed E-state index contributed by atoms with van der Waals surface area (Å²) in [5.41, 5.74) is 5.50. The number of amides is 1. The van der Waals surface area contributed by atoms with Gasteiger partial charge in [0.25, 0.3) is 0 Å². The molecule has 16 heavy (non-hydrogen) atoms. The van der Waals surface area contributed by atoms with Crippen molar-refractivity contribution in [3.63, 3.8) is 0 Å². The Bertz CT molecular complexity index is 203. The van der Waals surface area contributed by atoms with E-state index in [4.69, 9.17) is 10.5 Å². The fraction of sp³-hybridized carbons (Fsp3) is 0.917. The molecule has 1 atom stereocenters. The maximum atomic E-state index is 11.5. The summed E-state index contributed by atoms with van der Waals surface area (Å²) in [6.45, 7) is 5.22. The minimum absolute atomic E-state index is 0.159. The Morgan fingerprint density at radius 2 is 2.19 bits per heavy atom. The number of nitrogens with two attached hydrogens (primary N) is 1. The van der Waals surface area contributed by atoms with Crippen LogP contribution in [0.15, 0.2) is 0 Å². The van der Waals surface area contributed by atoms with E-state index in [2.05, 4.69) is 12.2 Å². The van der Waals surface area contributed by atoms with Crippen molar-refractivity contribution in [3.8, 4) is 0 Å². The monoisotopic (exact) mass is 228 g/mol. The van der Waals surface area contributed by atoms with Crippen molar-refractivity contribution in [1.29, 1.82) is 0 Å². The molecule has 0 radical (unpaired) electrons. The number of nitrogens with one attached hydrogen (secondary N) is 1. The zero-order chi connectivity index (χ0) is 11.8. The van der Waals surface area contributed by atoms with E-state index in [1.807, 2.05) is 0 Å². The third kappa shape index (κ3) is 5.47. The molecule has 0 saturated carbocycles. The van der Waals surface area contributed by atoms with Gasteiger partial charge in [-0.25, -0.2) is 0 Å². The van der Waals surface area contributed by atoms with Crippen LogP contribution in [0.3, 0.4) is 0 Å². The van der Waals surface area contributed by atoms with Gasteiger partial charge in [0.15, 0.2) is 0 Å². The smallest absolute Gasteiger partial charge is 0.220 e. The first-order valence-corrected chi connectivity index (χ1v) is 6.27. The van der Waals surface area contributed by atoms with E-state index < -0.39 is 0 Å². The summed E-state index contributed by atoms with van der Waals surface area (Å²) >= 11 is 0. The third-order valence-corrected chi connectivity index (χ3v) is 3.20. The molecule has 1 aliphatic rings. The van der Waals surface area contributed by atoms with Gasteiger partial charge in [-0.05, 0) is 37.6 Å². The van der Waals surface area contributed by atoms with Crippen LogP contribution in [-0.2, 0) is 9.53 Å². The van der Waals surface area contributed by atoms with Gasteiger partial charge in [0.1, 0.15) is 0 Å². The molecule has 0 aromatic heterocycles. The number of carbonyl (C=O) groups is 1. The van der Waals surface area contributed by atoms with Crippen LogP contribution < -0.4 is 11.1 Å². The Labute approximate surface area is 97.9 Å². The van der Waals surface area contributed by atoms with Crippen LogP contribution in [0.1, 0.15) is 32.6 Å². The molecular formula is C12H24N2O2. The summed E-state index contributed by atoms with van der Waals surface area (Å²) in [5.74, 6) is 1.20. The highest BCUT2D eigenvalue weighted by molar-refractivity contribution is 5.75. The topological polar surface area (TPSA) is 64.4 Å². The number of ether oxygens (including phenoxy) is 1. The van der Waals surface area contributed by atoms with E-state index in [9.17, 15) is 4.79 Å². The lowest BCUT2D eigenvalue weighted by Gasteiger charge is -2.22. The number of carbonyl (C=O) groups excluding carboxylic acids is 1. The summed E-state index contributed by atoms with van der Waals surface area (Å²) < 4.78 is 5.27. The average molecular weight is 228 g/mol. The number of rotatable bonds is 6. The van der Waals surface area contributed by atoms with E-state index in [0.717, 1.165) is 39.0 Å². The van der Waals surface area contributed by atoms with Crippen LogP contribution >= 0.6 is 0 Å². The predicted octanol–water partition coefficient (Wildman–Crippen LogP) is 0.904. The van der Waals surface area contributed by atoms with Crippen molar-refractivity contribution in [1.82, 2.24) is 5.32 Å². The maximum Gasteiger partial charge on any atom is 0.220 e. The van der Waals surface area contributed by atoms with Crippen LogP contribution in [0.4, 0.5) is 0 Å². The lowest BCUT2D eigenvalue weighted by molar-refractivity contribution is -0.121. The molecule has 0 aliphatic carbocycles. The maximum absolute atomic E-state index is 11.5. The zero-order valence-corrected chi connectivity index (χ0v) is 10.2. The summed E-state index contributed by atoms with van der Waals surface area (Å²) in [6, 6.07) is 0.